The van der Waals surface area contributed by atoms with Gasteiger partial charge in [0.15, 0.2) is 5.76 Å². The molecule has 0 aliphatic carbocycles. The van der Waals surface area contributed by atoms with Crippen molar-refractivity contribution in [1.29, 1.82) is 0 Å². The number of ketones is 1. The highest BCUT2D eigenvalue weighted by molar-refractivity contribution is 6.37. The smallest absolute Gasteiger partial charge is 0.232 e. The molecule has 3 aromatic carbocycles. The van der Waals surface area contributed by atoms with Crippen molar-refractivity contribution in [3.05, 3.63) is 97.2 Å². The lowest BCUT2D eigenvalue weighted by atomic mass is 9.98. The maximum atomic E-state index is 13.2. The summed E-state index contributed by atoms with van der Waals surface area (Å²) in [4.78, 5) is 15.3. The molecule has 0 radical (unpaired) electrons. The van der Waals surface area contributed by atoms with Gasteiger partial charge in [-0.25, -0.2) is 0 Å². The summed E-state index contributed by atoms with van der Waals surface area (Å²) in [6.07, 6.45) is 1.60. The molecule has 0 unspecified atom stereocenters. The molecule has 5 rings (SSSR count). The Morgan fingerprint density at radius 3 is 2.50 bits per heavy atom. The zero-order valence-corrected chi connectivity index (χ0v) is 19.4. The molecule has 0 amide bonds. The number of fused-ring (bicyclic) bond motifs is 3. The van der Waals surface area contributed by atoms with E-state index in [4.69, 9.17) is 44.3 Å². The lowest BCUT2D eigenvalue weighted by Crippen LogP contribution is -2.32. The molecule has 32 heavy (non-hydrogen) atoms. The van der Waals surface area contributed by atoms with Crippen molar-refractivity contribution in [2.75, 3.05) is 6.73 Å². The summed E-state index contributed by atoms with van der Waals surface area (Å²) < 4.78 is 12.1. The molecule has 2 heterocycles. The van der Waals surface area contributed by atoms with Crippen LogP contribution in [-0.2, 0) is 13.1 Å². The fraction of sp³-hybridized carbons (Fsp3) is 0.160. The Kier molecular flexibility index (Phi) is 5.64. The van der Waals surface area contributed by atoms with Gasteiger partial charge in [0.25, 0.3) is 0 Å². The van der Waals surface area contributed by atoms with Crippen LogP contribution in [0.15, 0.2) is 54.3 Å². The second kappa shape index (κ2) is 8.45. The number of hydrogen-bond donors (Lipinski definition) is 0. The molecule has 0 fully saturated rings. The van der Waals surface area contributed by atoms with Crippen LogP contribution >= 0.6 is 34.8 Å². The number of carbonyl (C=O) groups is 1. The van der Waals surface area contributed by atoms with Crippen LogP contribution in [0, 0.1) is 6.92 Å². The number of aryl methyl sites for hydroxylation is 1. The van der Waals surface area contributed by atoms with Gasteiger partial charge in [0.1, 0.15) is 18.2 Å². The molecular formula is C25H18Cl3NO3. The van der Waals surface area contributed by atoms with Gasteiger partial charge in [-0.2, -0.15) is 0 Å². The Bertz CT molecular complexity index is 1270. The van der Waals surface area contributed by atoms with Gasteiger partial charge in [0.2, 0.25) is 5.78 Å². The number of halogens is 3. The molecule has 0 spiro atoms. The quantitative estimate of drug-likeness (QED) is 0.377. The van der Waals surface area contributed by atoms with E-state index in [2.05, 4.69) is 4.90 Å². The Balaban J connectivity index is 1.50. The molecule has 0 bridgehead atoms. The standard InChI is InChI=1S/C25H18Cl3NO3/c1-14-9-21-17(12-29(13-31-21)11-15-5-2-3-6-18(15)26)25-23(14)24(30)22(32-25)10-16-19(27)7-4-8-20(16)28/h2-10H,11-13H2,1H3/b22-10-. The van der Waals surface area contributed by atoms with Crippen molar-refractivity contribution >= 4 is 46.7 Å². The van der Waals surface area contributed by atoms with Crippen LogP contribution < -0.4 is 9.47 Å². The van der Waals surface area contributed by atoms with Crippen molar-refractivity contribution in [3.63, 3.8) is 0 Å². The zero-order chi connectivity index (χ0) is 22.4. The summed E-state index contributed by atoms with van der Waals surface area (Å²) in [6, 6.07) is 14.8. The number of allylic oxidation sites excluding steroid dienone is 1. The van der Waals surface area contributed by atoms with Gasteiger partial charge in [-0.05, 0) is 48.4 Å². The largest absolute Gasteiger partial charge is 0.478 e. The zero-order valence-electron chi connectivity index (χ0n) is 17.1. The van der Waals surface area contributed by atoms with Gasteiger partial charge in [0, 0.05) is 33.7 Å². The third-order valence-corrected chi connectivity index (χ3v) is 6.64. The fourth-order valence-corrected chi connectivity index (χ4v) is 4.73. The minimum Gasteiger partial charge on any atom is -0.478 e. The van der Waals surface area contributed by atoms with E-state index in [9.17, 15) is 4.79 Å². The highest BCUT2D eigenvalue weighted by atomic mass is 35.5. The van der Waals surface area contributed by atoms with E-state index in [1.54, 1.807) is 24.3 Å². The van der Waals surface area contributed by atoms with Crippen LogP contribution in [0.4, 0.5) is 0 Å². The molecule has 2 aliphatic rings. The molecule has 0 N–H and O–H groups in total. The fourth-order valence-electron chi connectivity index (χ4n) is 4.02. The number of ether oxygens (including phenoxy) is 2. The Hall–Kier alpha value is -2.50. The molecule has 162 valence electrons. The summed E-state index contributed by atoms with van der Waals surface area (Å²) in [6.45, 7) is 3.48. The van der Waals surface area contributed by atoms with Crippen molar-refractivity contribution in [3.8, 4) is 11.5 Å². The summed E-state index contributed by atoms with van der Waals surface area (Å²) in [7, 11) is 0. The Morgan fingerprint density at radius 1 is 1.03 bits per heavy atom. The average Bonchev–Trinajstić information content (AvgIpc) is 3.10. The topological polar surface area (TPSA) is 38.8 Å². The normalized spacial score (nSPS) is 16.5. The molecule has 0 atom stereocenters. The number of nitrogens with zero attached hydrogens (tertiary/aromatic N) is 1. The summed E-state index contributed by atoms with van der Waals surface area (Å²) in [5.41, 5.74) is 3.75. The van der Waals surface area contributed by atoms with Crippen molar-refractivity contribution in [1.82, 2.24) is 4.90 Å². The van der Waals surface area contributed by atoms with Crippen molar-refractivity contribution in [2.24, 2.45) is 0 Å². The van der Waals surface area contributed by atoms with Crippen LogP contribution in [0.2, 0.25) is 15.1 Å². The van der Waals surface area contributed by atoms with Crippen LogP contribution in [0.5, 0.6) is 11.5 Å². The molecule has 2 aliphatic heterocycles. The van der Waals surface area contributed by atoms with Gasteiger partial charge in [-0.15, -0.1) is 0 Å². The Morgan fingerprint density at radius 2 is 1.75 bits per heavy atom. The van der Waals surface area contributed by atoms with Crippen LogP contribution in [-0.4, -0.2) is 17.4 Å². The molecular weight excluding hydrogens is 469 g/mol. The van der Waals surface area contributed by atoms with Crippen LogP contribution in [0.1, 0.15) is 32.6 Å². The Labute approximate surface area is 200 Å². The first-order chi connectivity index (χ1) is 15.4. The second-order valence-corrected chi connectivity index (χ2v) is 9.02. The van der Waals surface area contributed by atoms with E-state index >= 15 is 0 Å². The molecule has 0 saturated carbocycles. The first kappa shape index (κ1) is 21.4. The van der Waals surface area contributed by atoms with E-state index in [0.29, 0.717) is 51.8 Å². The van der Waals surface area contributed by atoms with Crippen LogP contribution in [0.3, 0.4) is 0 Å². The predicted octanol–water partition coefficient (Wildman–Crippen LogP) is 6.92. The van der Waals surface area contributed by atoms with Crippen LogP contribution in [0.25, 0.3) is 6.08 Å². The number of carbonyl (C=O) groups excluding carboxylic acids is 1. The summed E-state index contributed by atoms with van der Waals surface area (Å²) in [5.74, 6) is 1.25. The monoisotopic (exact) mass is 485 g/mol. The average molecular weight is 487 g/mol. The minimum atomic E-state index is -0.195. The summed E-state index contributed by atoms with van der Waals surface area (Å²) >= 11 is 18.9. The first-order valence-corrected chi connectivity index (χ1v) is 11.2. The predicted molar refractivity (Wildman–Crippen MR) is 127 cm³/mol. The third-order valence-electron chi connectivity index (χ3n) is 5.61. The molecule has 0 saturated heterocycles. The highest BCUT2D eigenvalue weighted by Crippen LogP contribution is 2.44. The van der Waals surface area contributed by atoms with E-state index in [-0.39, 0.29) is 11.5 Å². The van der Waals surface area contributed by atoms with E-state index in [1.807, 2.05) is 37.3 Å². The maximum absolute atomic E-state index is 13.2. The molecule has 4 nitrogen and oxygen atoms in total. The maximum Gasteiger partial charge on any atom is 0.232 e. The second-order valence-electron chi connectivity index (χ2n) is 7.80. The van der Waals surface area contributed by atoms with Gasteiger partial charge >= 0.3 is 0 Å². The van der Waals surface area contributed by atoms with Gasteiger partial charge in [-0.3, -0.25) is 9.69 Å². The SMILES string of the molecule is Cc1cc2c(c3c1C(=O)/C(=C/c1c(Cl)cccc1Cl)O3)CN(Cc1ccccc1Cl)CO2. The van der Waals surface area contributed by atoms with Gasteiger partial charge < -0.3 is 9.47 Å². The lowest BCUT2D eigenvalue weighted by molar-refractivity contribution is 0.0872. The van der Waals surface area contributed by atoms with E-state index in [0.717, 1.165) is 22.4 Å². The van der Waals surface area contributed by atoms with Gasteiger partial charge in [0.05, 0.1) is 11.1 Å². The van der Waals surface area contributed by atoms with Crippen molar-refractivity contribution < 1.29 is 14.3 Å². The third kappa shape index (κ3) is 3.78. The lowest BCUT2D eigenvalue weighted by Gasteiger charge is -2.30. The molecule has 3 aromatic rings. The number of benzene rings is 3. The molecule has 0 aromatic heterocycles. The van der Waals surface area contributed by atoms with Gasteiger partial charge in [-0.1, -0.05) is 59.1 Å². The summed E-state index contributed by atoms with van der Waals surface area (Å²) in [5, 5.41) is 1.61. The highest BCUT2D eigenvalue weighted by Gasteiger charge is 2.35. The number of hydrogen-bond acceptors (Lipinski definition) is 4. The first-order valence-electron chi connectivity index (χ1n) is 10.1. The van der Waals surface area contributed by atoms with Crippen molar-refractivity contribution in [2.45, 2.75) is 20.0 Å². The van der Waals surface area contributed by atoms with E-state index < -0.39 is 0 Å². The number of rotatable bonds is 3. The van der Waals surface area contributed by atoms with E-state index in [1.165, 1.54) is 0 Å². The minimum absolute atomic E-state index is 0.190. The number of Topliss-reactive ketones (excluding diaryl/α,β-unsaturated/α-hetero) is 1. The molecule has 7 heteroatoms.